The van der Waals surface area contributed by atoms with E-state index in [2.05, 4.69) is 16.8 Å². The normalized spacial score (nSPS) is 24.0. The van der Waals surface area contributed by atoms with Crippen LogP contribution in [0.2, 0.25) is 0 Å². The number of aromatic nitrogens is 1. The number of ether oxygens (including phenoxy) is 1. The Morgan fingerprint density at radius 1 is 1.67 bits per heavy atom. The molecule has 0 aromatic carbocycles. The second kappa shape index (κ2) is 5.35. The predicted molar refractivity (Wildman–Crippen MR) is 68.0 cm³/mol. The number of rotatable bonds is 3. The lowest BCUT2D eigenvalue weighted by Gasteiger charge is -2.39. The number of hydrogen-bond acceptors (Lipinski definition) is 4. The summed E-state index contributed by atoms with van der Waals surface area (Å²) in [5.41, 5.74) is 0.272. The van der Waals surface area contributed by atoms with Gasteiger partial charge in [0.2, 0.25) is 0 Å². The van der Waals surface area contributed by atoms with Crippen LogP contribution < -0.4 is 4.90 Å². The van der Waals surface area contributed by atoms with Gasteiger partial charge in [-0.15, -0.1) is 0 Å². The van der Waals surface area contributed by atoms with Crippen molar-refractivity contribution in [2.75, 3.05) is 18.1 Å². The van der Waals surface area contributed by atoms with Gasteiger partial charge in [0.05, 0.1) is 24.3 Å². The first-order valence-corrected chi connectivity index (χ1v) is 6.19. The van der Waals surface area contributed by atoms with E-state index >= 15 is 0 Å². The molecule has 5 nitrogen and oxygen atoms in total. The van der Waals surface area contributed by atoms with E-state index in [9.17, 15) is 4.79 Å². The van der Waals surface area contributed by atoms with Gasteiger partial charge in [-0.3, -0.25) is 0 Å². The highest BCUT2D eigenvalue weighted by molar-refractivity contribution is 5.88. The number of carboxylic acids is 1. The molecule has 1 aromatic rings. The minimum Gasteiger partial charge on any atom is -0.478 e. The van der Waals surface area contributed by atoms with Crippen LogP contribution in [0, 0.1) is 0 Å². The zero-order chi connectivity index (χ0) is 13.1. The van der Waals surface area contributed by atoms with Gasteiger partial charge in [0, 0.05) is 12.7 Å². The topological polar surface area (TPSA) is 62.7 Å². The minimum atomic E-state index is -0.923. The maximum atomic E-state index is 11.0. The summed E-state index contributed by atoms with van der Waals surface area (Å²) in [5.74, 6) is -0.204. The quantitative estimate of drug-likeness (QED) is 0.886. The SMILES string of the molecule is CCC1COC(C)CN1c1cc(C(=O)O)ccn1. The molecule has 18 heavy (non-hydrogen) atoms. The van der Waals surface area contributed by atoms with E-state index < -0.39 is 5.97 Å². The highest BCUT2D eigenvalue weighted by atomic mass is 16.5. The zero-order valence-corrected chi connectivity index (χ0v) is 10.7. The van der Waals surface area contributed by atoms with E-state index in [0.717, 1.165) is 18.8 Å². The maximum absolute atomic E-state index is 11.0. The summed E-state index contributed by atoms with van der Waals surface area (Å²) in [6.45, 7) is 5.52. The lowest BCUT2D eigenvalue weighted by molar-refractivity contribution is 0.0296. The Kier molecular flexibility index (Phi) is 3.81. The molecule has 1 aliphatic rings. The summed E-state index contributed by atoms with van der Waals surface area (Å²) in [7, 11) is 0. The largest absolute Gasteiger partial charge is 0.478 e. The Labute approximate surface area is 106 Å². The van der Waals surface area contributed by atoms with Crippen LogP contribution >= 0.6 is 0 Å². The molecule has 0 bridgehead atoms. The smallest absolute Gasteiger partial charge is 0.335 e. The van der Waals surface area contributed by atoms with Gasteiger partial charge in [-0.05, 0) is 25.5 Å². The Hall–Kier alpha value is -1.62. The second-order valence-electron chi connectivity index (χ2n) is 4.57. The first-order valence-electron chi connectivity index (χ1n) is 6.19. The molecular formula is C13H18N2O3. The number of carboxylic acid groups (broad SMARTS) is 1. The summed E-state index contributed by atoms with van der Waals surface area (Å²) in [4.78, 5) is 17.4. The number of anilines is 1. The summed E-state index contributed by atoms with van der Waals surface area (Å²) < 4.78 is 5.62. The van der Waals surface area contributed by atoms with Crippen LogP contribution in [-0.4, -0.2) is 41.4 Å². The molecule has 1 aromatic heterocycles. The fourth-order valence-electron chi connectivity index (χ4n) is 2.17. The maximum Gasteiger partial charge on any atom is 0.335 e. The number of nitrogens with zero attached hydrogens (tertiary/aromatic N) is 2. The van der Waals surface area contributed by atoms with Crippen LogP contribution in [0.1, 0.15) is 30.6 Å². The molecule has 1 N–H and O–H groups in total. The number of aromatic carboxylic acids is 1. The molecule has 5 heteroatoms. The molecule has 0 amide bonds. The molecule has 2 heterocycles. The summed E-state index contributed by atoms with van der Waals surface area (Å²) in [5, 5.41) is 9.01. The minimum absolute atomic E-state index is 0.142. The molecular weight excluding hydrogens is 232 g/mol. The van der Waals surface area contributed by atoms with Gasteiger partial charge in [0.1, 0.15) is 5.82 Å². The molecule has 2 rings (SSSR count). The van der Waals surface area contributed by atoms with Crippen molar-refractivity contribution in [3.8, 4) is 0 Å². The molecule has 98 valence electrons. The van der Waals surface area contributed by atoms with Gasteiger partial charge in [-0.1, -0.05) is 6.92 Å². The number of morpholine rings is 1. The zero-order valence-electron chi connectivity index (χ0n) is 10.7. The molecule has 0 spiro atoms. The predicted octanol–water partition coefficient (Wildman–Crippen LogP) is 1.78. The van der Waals surface area contributed by atoms with E-state index in [1.54, 1.807) is 12.3 Å². The van der Waals surface area contributed by atoms with E-state index in [-0.39, 0.29) is 17.7 Å². The lowest BCUT2D eigenvalue weighted by Crippen LogP contribution is -2.49. The average molecular weight is 250 g/mol. The van der Waals surface area contributed by atoms with E-state index in [4.69, 9.17) is 9.84 Å². The highest BCUT2D eigenvalue weighted by Gasteiger charge is 2.26. The van der Waals surface area contributed by atoms with Crippen LogP contribution in [0.4, 0.5) is 5.82 Å². The number of pyridine rings is 1. The van der Waals surface area contributed by atoms with Crippen LogP contribution in [0.3, 0.4) is 0 Å². The van der Waals surface area contributed by atoms with Crippen molar-refractivity contribution in [2.24, 2.45) is 0 Å². The van der Waals surface area contributed by atoms with Crippen molar-refractivity contribution in [1.82, 2.24) is 4.98 Å². The van der Waals surface area contributed by atoms with Gasteiger partial charge >= 0.3 is 5.97 Å². The summed E-state index contributed by atoms with van der Waals surface area (Å²) >= 11 is 0. The Morgan fingerprint density at radius 2 is 2.44 bits per heavy atom. The monoisotopic (exact) mass is 250 g/mol. The fourth-order valence-corrected chi connectivity index (χ4v) is 2.17. The van der Waals surface area contributed by atoms with Crippen molar-refractivity contribution < 1.29 is 14.6 Å². The third-order valence-corrected chi connectivity index (χ3v) is 3.23. The van der Waals surface area contributed by atoms with Crippen LogP contribution in [-0.2, 0) is 4.74 Å². The van der Waals surface area contributed by atoms with Crippen LogP contribution in [0.25, 0.3) is 0 Å². The number of hydrogen-bond donors (Lipinski definition) is 1. The summed E-state index contributed by atoms with van der Waals surface area (Å²) in [6.07, 6.45) is 2.64. The number of carbonyl (C=O) groups is 1. The van der Waals surface area contributed by atoms with Crippen molar-refractivity contribution in [1.29, 1.82) is 0 Å². The van der Waals surface area contributed by atoms with Gasteiger partial charge < -0.3 is 14.7 Å². The first kappa shape index (κ1) is 12.8. The van der Waals surface area contributed by atoms with Gasteiger partial charge in [0.15, 0.2) is 0 Å². The van der Waals surface area contributed by atoms with Crippen molar-refractivity contribution >= 4 is 11.8 Å². The molecule has 0 saturated carbocycles. The van der Waals surface area contributed by atoms with Crippen LogP contribution in [0.5, 0.6) is 0 Å². The average Bonchev–Trinajstić information content (AvgIpc) is 2.39. The Bertz CT molecular complexity index is 436. The molecule has 2 atom stereocenters. The van der Waals surface area contributed by atoms with Crippen molar-refractivity contribution in [3.05, 3.63) is 23.9 Å². The molecule has 1 aliphatic heterocycles. The molecule has 2 unspecified atom stereocenters. The molecule has 0 aliphatic carbocycles. The van der Waals surface area contributed by atoms with E-state index in [0.29, 0.717) is 6.61 Å². The second-order valence-corrected chi connectivity index (χ2v) is 4.57. The molecule has 1 fully saturated rings. The van der Waals surface area contributed by atoms with Gasteiger partial charge in [-0.2, -0.15) is 0 Å². The third-order valence-electron chi connectivity index (χ3n) is 3.23. The molecule has 1 saturated heterocycles. The fraction of sp³-hybridized carbons (Fsp3) is 0.538. The first-order chi connectivity index (χ1) is 8.61. The van der Waals surface area contributed by atoms with Gasteiger partial charge in [-0.25, -0.2) is 9.78 Å². The van der Waals surface area contributed by atoms with E-state index in [1.165, 1.54) is 6.07 Å². The standard InChI is InChI=1S/C13H18N2O3/c1-3-11-8-18-9(2)7-15(11)12-6-10(13(16)17)4-5-14-12/h4-6,9,11H,3,7-8H2,1-2H3,(H,16,17). The third kappa shape index (κ3) is 2.61. The Morgan fingerprint density at radius 3 is 3.11 bits per heavy atom. The van der Waals surface area contributed by atoms with Crippen LogP contribution in [0.15, 0.2) is 18.3 Å². The summed E-state index contributed by atoms with van der Waals surface area (Å²) in [6, 6.07) is 3.40. The highest BCUT2D eigenvalue weighted by Crippen LogP contribution is 2.22. The Balaban J connectivity index is 2.27. The molecule has 0 radical (unpaired) electrons. The van der Waals surface area contributed by atoms with Gasteiger partial charge in [0.25, 0.3) is 0 Å². The lowest BCUT2D eigenvalue weighted by atomic mass is 10.1. The van der Waals surface area contributed by atoms with Crippen molar-refractivity contribution in [2.45, 2.75) is 32.4 Å². The van der Waals surface area contributed by atoms with E-state index in [1.807, 2.05) is 6.92 Å². The van der Waals surface area contributed by atoms with Crippen molar-refractivity contribution in [3.63, 3.8) is 0 Å².